The van der Waals surface area contributed by atoms with Crippen molar-refractivity contribution in [1.29, 1.82) is 0 Å². The maximum Gasteiger partial charge on any atom is 0.306 e. The number of aliphatic carboxylic acids is 1. The van der Waals surface area contributed by atoms with E-state index in [1.165, 1.54) is 6.07 Å². The van der Waals surface area contributed by atoms with Crippen molar-refractivity contribution < 1.29 is 19.0 Å². The topological polar surface area (TPSA) is 58.6 Å². The van der Waals surface area contributed by atoms with Crippen LogP contribution in [0.1, 0.15) is 42.4 Å². The Hall–Kier alpha value is -2.24. The van der Waals surface area contributed by atoms with Gasteiger partial charge in [-0.1, -0.05) is 43.3 Å². The van der Waals surface area contributed by atoms with Crippen molar-refractivity contribution in [3.63, 3.8) is 0 Å². The summed E-state index contributed by atoms with van der Waals surface area (Å²) in [6.07, 6.45) is 2.77. The van der Waals surface area contributed by atoms with Crippen LogP contribution in [0, 0.1) is 11.7 Å². The van der Waals surface area contributed by atoms with Crippen LogP contribution in [-0.2, 0) is 22.6 Å². The summed E-state index contributed by atoms with van der Waals surface area (Å²) in [5, 5.41) is 12.0. The second-order valence-electron chi connectivity index (χ2n) is 7.23. The number of hydrogen-bond acceptors (Lipinski definition) is 3. The third kappa shape index (κ3) is 7.06. The minimum Gasteiger partial charge on any atom is -0.481 e. The maximum absolute atomic E-state index is 13.3. The van der Waals surface area contributed by atoms with E-state index in [2.05, 4.69) is 5.32 Å². The molecule has 2 N–H and O–H groups in total. The van der Waals surface area contributed by atoms with Gasteiger partial charge in [-0.2, -0.15) is 0 Å². The molecule has 3 rings (SSSR count). The van der Waals surface area contributed by atoms with E-state index in [-0.39, 0.29) is 11.7 Å². The molecule has 1 atom stereocenters. The molecule has 0 saturated carbocycles. The quantitative estimate of drug-likeness (QED) is 0.772. The van der Waals surface area contributed by atoms with E-state index in [1.807, 2.05) is 36.4 Å². The minimum absolute atomic E-state index is 0.145. The minimum atomic E-state index is -0.737. The smallest absolute Gasteiger partial charge is 0.306 e. The zero-order chi connectivity index (χ0) is 20.4. The summed E-state index contributed by atoms with van der Waals surface area (Å²) in [7, 11) is 1.68. The van der Waals surface area contributed by atoms with Crippen LogP contribution in [0.4, 0.5) is 4.39 Å². The van der Waals surface area contributed by atoms with E-state index in [4.69, 9.17) is 9.84 Å². The van der Waals surface area contributed by atoms with E-state index in [0.29, 0.717) is 18.9 Å². The fourth-order valence-corrected chi connectivity index (χ4v) is 3.42. The zero-order valence-electron chi connectivity index (χ0n) is 16.7. The Labute approximate surface area is 166 Å². The number of methoxy groups -OCH3 is 1. The van der Waals surface area contributed by atoms with Gasteiger partial charge in [0.25, 0.3) is 0 Å². The van der Waals surface area contributed by atoms with E-state index in [0.717, 1.165) is 42.6 Å². The lowest BCUT2D eigenvalue weighted by Gasteiger charge is -2.25. The van der Waals surface area contributed by atoms with Crippen molar-refractivity contribution in [1.82, 2.24) is 5.32 Å². The van der Waals surface area contributed by atoms with Crippen molar-refractivity contribution in [2.24, 2.45) is 5.92 Å². The van der Waals surface area contributed by atoms with Gasteiger partial charge in [0.05, 0.1) is 12.5 Å². The van der Waals surface area contributed by atoms with Crippen LogP contribution in [0.3, 0.4) is 0 Å². The fraction of sp³-hybridized carbons (Fsp3) is 0.435. The van der Waals surface area contributed by atoms with Gasteiger partial charge in [0, 0.05) is 7.11 Å². The highest BCUT2D eigenvalue weighted by Crippen LogP contribution is 2.29. The number of hydrogen-bond donors (Lipinski definition) is 2. The van der Waals surface area contributed by atoms with Crippen molar-refractivity contribution in [3.8, 4) is 0 Å². The third-order valence-corrected chi connectivity index (χ3v) is 4.99. The first-order valence-corrected chi connectivity index (χ1v) is 9.76. The summed E-state index contributed by atoms with van der Waals surface area (Å²) < 4.78 is 18.4. The normalized spacial score (nSPS) is 15.4. The third-order valence-electron chi connectivity index (χ3n) is 4.99. The van der Waals surface area contributed by atoms with Crippen molar-refractivity contribution >= 4 is 5.97 Å². The van der Waals surface area contributed by atoms with Gasteiger partial charge in [-0.15, -0.1) is 0 Å². The van der Waals surface area contributed by atoms with E-state index in [1.54, 1.807) is 20.1 Å². The van der Waals surface area contributed by atoms with Gasteiger partial charge in [0.15, 0.2) is 0 Å². The number of halogens is 1. The molecule has 0 amide bonds. The van der Waals surface area contributed by atoms with E-state index < -0.39 is 5.97 Å². The second kappa shape index (κ2) is 11.6. The SMILES string of the molecule is CC(Cc1ccccc1)C(=O)O.COCc1ccc(F)cc1C1CCNCC1. The molecule has 28 heavy (non-hydrogen) atoms. The first-order chi connectivity index (χ1) is 13.5. The molecule has 2 aromatic rings. The predicted octanol–water partition coefficient (Wildman–Crippen LogP) is 4.39. The molecule has 1 saturated heterocycles. The van der Waals surface area contributed by atoms with Crippen molar-refractivity contribution in [2.45, 2.75) is 38.7 Å². The molecule has 5 heteroatoms. The summed E-state index contributed by atoms with van der Waals surface area (Å²) in [6.45, 7) is 4.33. The molecular formula is C23H30FNO3. The van der Waals surface area contributed by atoms with Crippen LogP contribution in [0.15, 0.2) is 48.5 Å². The van der Waals surface area contributed by atoms with Crippen molar-refractivity contribution in [2.75, 3.05) is 20.2 Å². The Balaban J connectivity index is 0.000000209. The summed E-state index contributed by atoms with van der Waals surface area (Å²) in [5.41, 5.74) is 3.33. The number of nitrogens with one attached hydrogen (secondary N) is 1. The Kier molecular flexibility index (Phi) is 9.11. The standard InChI is InChI=1S/C13H18FNO.C10H12O2/c1-16-9-11-2-3-12(14)8-13(11)10-4-6-15-7-5-10;1-8(10(11)12)7-9-5-3-2-4-6-9/h2-3,8,10,15H,4-7,9H2,1H3;2-6,8H,7H2,1H3,(H,11,12). The molecule has 2 aromatic carbocycles. The van der Waals surface area contributed by atoms with Gasteiger partial charge in [-0.25, -0.2) is 4.39 Å². The average molecular weight is 387 g/mol. The largest absolute Gasteiger partial charge is 0.481 e. The number of carbonyl (C=O) groups is 1. The van der Waals surface area contributed by atoms with Crippen LogP contribution < -0.4 is 5.32 Å². The maximum atomic E-state index is 13.3. The van der Waals surface area contributed by atoms with Crippen LogP contribution in [0.5, 0.6) is 0 Å². The number of rotatable bonds is 6. The second-order valence-corrected chi connectivity index (χ2v) is 7.23. The molecule has 0 aromatic heterocycles. The lowest BCUT2D eigenvalue weighted by atomic mass is 9.87. The van der Waals surface area contributed by atoms with Crippen LogP contribution in [-0.4, -0.2) is 31.3 Å². The van der Waals surface area contributed by atoms with E-state index in [9.17, 15) is 9.18 Å². The highest BCUT2D eigenvalue weighted by atomic mass is 19.1. The lowest BCUT2D eigenvalue weighted by Crippen LogP contribution is -2.27. The van der Waals surface area contributed by atoms with Crippen LogP contribution in [0.2, 0.25) is 0 Å². The summed E-state index contributed by atoms with van der Waals surface area (Å²) >= 11 is 0. The molecule has 4 nitrogen and oxygen atoms in total. The summed E-state index contributed by atoms with van der Waals surface area (Å²) in [5.74, 6) is -0.707. The molecule has 1 aliphatic rings. The zero-order valence-corrected chi connectivity index (χ0v) is 16.7. The van der Waals surface area contributed by atoms with Gasteiger partial charge >= 0.3 is 5.97 Å². The lowest BCUT2D eigenvalue weighted by molar-refractivity contribution is -0.141. The Morgan fingerprint density at radius 3 is 2.50 bits per heavy atom. The van der Waals surface area contributed by atoms with Crippen molar-refractivity contribution in [3.05, 3.63) is 71.0 Å². The summed E-state index contributed by atoms with van der Waals surface area (Å²) in [6, 6.07) is 14.7. The molecule has 0 aliphatic carbocycles. The predicted molar refractivity (Wildman–Crippen MR) is 109 cm³/mol. The number of carboxylic acids is 1. The molecular weight excluding hydrogens is 357 g/mol. The number of carboxylic acid groups (broad SMARTS) is 1. The van der Waals surface area contributed by atoms with E-state index >= 15 is 0 Å². The average Bonchev–Trinajstić information content (AvgIpc) is 2.71. The number of benzene rings is 2. The molecule has 0 bridgehead atoms. The fourth-order valence-electron chi connectivity index (χ4n) is 3.42. The summed E-state index contributed by atoms with van der Waals surface area (Å²) in [4.78, 5) is 10.5. The highest BCUT2D eigenvalue weighted by Gasteiger charge is 2.18. The molecule has 1 aliphatic heterocycles. The molecule has 1 fully saturated rings. The van der Waals surface area contributed by atoms with Gasteiger partial charge in [0.2, 0.25) is 0 Å². The molecule has 1 heterocycles. The Morgan fingerprint density at radius 2 is 1.89 bits per heavy atom. The van der Waals surface area contributed by atoms with Gasteiger partial charge in [-0.3, -0.25) is 4.79 Å². The Morgan fingerprint density at radius 1 is 1.21 bits per heavy atom. The van der Waals surface area contributed by atoms with Gasteiger partial charge < -0.3 is 15.2 Å². The molecule has 152 valence electrons. The highest BCUT2D eigenvalue weighted by molar-refractivity contribution is 5.69. The first kappa shape index (κ1) is 22.1. The molecule has 0 radical (unpaired) electrons. The number of piperidine rings is 1. The van der Waals surface area contributed by atoms with Gasteiger partial charge in [-0.05, 0) is 67.1 Å². The van der Waals surface area contributed by atoms with Crippen LogP contribution in [0.25, 0.3) is 0 Å². The Bertz CT molecular complexity index is 730. The van der Waals surface area contributed by atoms with Crippen LogP contribution >= 0.6 is 0 Å². The number of ether oxygens (including phenoxy) is 1. The molecule has 1 unspecified atom stereocenters. The molecule has 0 spiro atoms. The first-order valence-electron chi connectivity index (χ1n) is 9.76. The van der Waals surface area contributed by atoms with Gasteiger partial charge in [0.1, 0.15) is 5.82 Å². The monoisotopic (exact) mass is 387 g/mol.